The lowest BCUT2D eigenvalue weighted by atomic mass is 10.3. The molecular weight excluding hydrogens is 254 g/mol. The van der Waals surface area contributed by atoms with Crippen molar-refractivity contribution in [3.8, 4) is 5.75 Å². The highest BCUT2D eigenvalue weighted by Crippen LogP contribution is 2.30. The van der Waals surface area contributed by atoms with Crippen molar-refractivity contribution in [1.29, 1.82) is 0 Å². The molecule has 0 bridgehead atoms. The molecule has 0 aliphatic carbocycles. The van der Waals surface area contributed by atoms with Crippen LogP contribution in [-0.4, -0.2) is 18.2 Å². The first-order chi connectivity index (χ1) is 9.22. The van der Waals surface area contributed by atoms with Gasteiger partial charge < -0.3 is 10.0 Å². The van der Waals surface area contributed by atoms with Gasteiger partial charge in [-0.25, -0.2) is 0 Å². The quantitative estimate of drug-likeness (QED) is 0.874. The molecule has 2 aromatic rings. The molecule has 1 N–H and O–H groups in total. The smallest absolute Gasteiger partial charge is 0.115 e. The molecule has 0 saturated heterocycles. The van der Waals surface area contributed by atoms with Crippen LogP contribution < -0.4 is 4.90 Å². The SMILES string of the molecule is CCN(CC)c1ccc(Sc2ccc(O)cc2)cc1. The number of phenols is 1. The van der Waals surface area contributed by atoms with Gasteiger partial charge in [-0.15, -0.1) is 0 Å². The fraction of sp³-hybridized carbons (Fsp3) is 0.250. The van der Waals surface area contributed by atoms with Crippen molar-refractivity contribution in [2.24, 2.45) is 0 Å². The first-order valence-corrected chi connectivity index (χ1v) is 7.36. The Labute approximate surface area is 119 Å². The average Bonchev–Trinajstić information content (AvgIpc) is 2.44. The second kappa shape index (κ2) is 6.53. The van der Waals surface area contributed by atoms with Crippen molar-refractivity contribution in [2.75, 3.05) is 18.0 Å². The lowest BCUT2D eigenvalue weighted by Gasteiger charge is -2.21. The Balaban J connectivity index is 2.08. The van der Waals surface area contributed by atoms with Gasteiger partial charge in [0.05, 0.1) is 0 Å². The second-order valence-electron chi connectivity index (χ2n) is 4.26. The minimum atomic E-state index is 0.307. The molecule has 19 heavy (non-hydrogen) atoms. The summed E-state index contributed by atoms with van der Waals surface area (Å²) >= 11 is 1.70. The molecule has 3 heteroatoms. The van der Waals surface area contributed by atoms with Crippen LogP contribution in [0.25, 0.3) is 0 Å². The number of anilines is 1. The highest BCUT2D eigenvalue weighted by atomic mass is 32.2. The van der Waals surface area contributed by atoms with E-state index in [2.05, 4.69) is 43.0 Å². The summed E-state index contributed by atoms with van der Waals surface area (Å²) in [5.74, 6) is 0.307. The standard InChI is InChI=1S/C16H19NOS/c1-3-17(4-2)13-5-9-15(10-6-13)19-16-11-7-14(18)8-12-16/h5-12,18H,3-4H2,1-2H3. The van der Waals surface area contributed by atoms with E-state index in [-0.39, 0.29) is 0 Å². The molecule has 0 unspecified atom stereocenters. The maximum absolute atomic E-state index is 9.26. The number of aromatic hydroxyl groups is 1. The van der Waals surface area contributed by atoms with Gasteiger partial charge in [0, 0.05) is 28.6 Å². The summed E-state index contributed by atoms with van der Waals surface area (Å²) in [6.45, 7) is 6.40. The van der Waals surface area contributed by atoms with Crippen LogP contribution >= 0.6 is 11.8 Å². The van der Waals surface area contributed by atoms with Gasteiger partial charge in [-0.05, 0) is 62.4 Å². The molecule has 0 spiro atoms. The largest absolute Gasteiger partial charge is 0.508 e. The summed E-state index contributed by atoms with van der Waals surface area (Å²) in [4.78, 5) is 4.67. The van der Waals surface area contributed by atoms with Crippen molar-refractivity contribution in [3.63, 3.8) is 0 Å². The summed E-state index contributed by atoms with van der Waals surface area (Å²) in [5.41, 5.74) is 1.26. The summed E-state index contributed by atoms with van der Waals surface area (Å²) in [5, 5.41) is 9.26. The van der Waals surface area contributed by atoms with Gasteiger partial charge in [0.1, 0.15) is 5.75 Å². The Bertz CT molecular complexity index is 503. The Morgan fingerprint density at radius 2 is 1.32 bits per heavy atom. The van der Waals surface area contributed by atoms with Crippen molar-refractivity contribution in [3.05, 3.63) is 48.5 Å². The predicted octanol–water partition coefficient (Wildman–Crippen LogP) is 4.39. The van der Waals surface area contributed by atoms with Crippen LogP contribution in [0.15, 0.2) is 58.3 Å². The van der Waals surface area contributed by atoms with Crippen molar-refractivity contribution in [1.82, 2.24) is 0 Å². The van der Waals surface area contributed by atoms with Gasteiger partial charge in [0.25, 0.3) is 0 Å². The van der Waals surface area contributed by atoms with Crippen LogP contribution in [0.5, 0.6) is 5.75 Å². The van der Waals surface area contributed by atoms with E-state index in [1.165, 1.54) is 10.6 Å². The van der Waals surface area contributed by atoms with Gasteiger partial charge in [-0.2, -0.15) is 0 Å². The molecule has 0 atom stereocenters. The molecule has 100 valence electrons. The van der Waals surface area contributed by atoms with E-state index < -0.39 is 0 Å². The molecule has 2 aromatic carbocycles. The van der Waals surface area contributed by atoms with Crippen LogP contribution in [-0.2, 0) is 0 Å². The Hall–Kier alpha value is -1.61. The normalized spacial score (nSPS) is 10.4. The van der Waals surface area contributed by atoms with Crippen molar-refractivity contribution >= 4 is 17.4 Å². The van der Waals surface area contributed by atoms with Gasteiger partial charge in [-0.1, -0.05) is 11.8 Å². The average molecular weight is 273 g/mol. The van der Waals surface area contributed by atoms with Crippen molar-refractivity contribution < 1.29 is 5.11 Å². The zero-order valence-electron chi connectivity index (χ0n) is 11.3. The molecule has 0 amide bonds. The van der Waals surface area contributed by atoms with E-state index >= 15 is 0 Å². The third-order valence-electron chi connectivity index (χ3n) is 3.04. The van der Waals surface area contributed by atoms with E-state index in [9.17, 15) is 5.11 Å². The minimum absolute atomic E-state index is 0.307. The summed E-state index contributed by atoms with van der Waals surface area (Å²) in [6.07, 6.45) is 0. The molecule has 2 nitrogen and oxygen atoms in total. The molecule has 0 aromatic heterocycles. The highest BCUT2D eigenvalue weighted by Gasteiger charge is 2.02. The monoisotopic (exact) mass is 273 g/mol. The van der Waals surface area contributed by atoms with Crippen LogP contribution in [0.2, 0.25) is 0 Å². The summed E-state index contributed by atoms with van der Waals surface area (Å²) in [7, 11) is 0. The number of phenolic OH excluding ortho intramolecular Hbond substituents is 1. The molecule has 0 fully saturated rings. The lowest BCUT2D eigenvalue weighted by molar-refractivity contribution is 0.475. The van der Waals surface area contributed by atoms with Crippen LogP contribution in [0.4, 0.5) is 5.69 Å². The maximum Gasteiger partial charge on any atom is 0.115 e. The van der Waals surface area contributed by atoms with Gasteiger partial charge in [-0.3, -0.25) is 0 Å². The van der Waals surface area contributed by atoms with E-state index in [4.69, 9.17) is 0 Å². The summed E-state index contributed by atoms with van der Waals surface area (Å²) < 4.78 is 0. The number of hydrogen-bond acceptors (Lipinski definition) is 3. The van der Waals surface area contributed by atoms with Gasteiger partial charge in [0.15, 0.2) is 0 Å². The molecule has 0 aliphatic rings. The zero-order valence-corrected chi connectivity index (χ0v) is 12.2. The minimum Gasteiger partial charge on any atom is -0.508 e. The van der Waals surface area contributed by atoms with Crippen LogP contribution in [0.3, 0.4) is 0 Å². The van der Waals surface area contributed by atoms with Crippen LogP contribution in [0.1, 0.15) is 13.8 Å². The fourth-order valence-electron chi connectivity index (χ4n) is 1.96. The van der Waals surface area contributed by atoms with Crippen molar-refractivity contribution in [2.45, 2.75) is 23.6 Å². The van der Waals surface area contributed by atoms with E-state index in [1.807, 2.05) is 12.1 Å². The lowest BCUT2D eigenvalue weighted by Crippen LogP contribution is -2.21. The molecule has 0 radical (unpaired) electrons. The Morgan fingerprint density at radius 3 is 1.79 bits per heavy atom. The molecular formula is C16H19NOS. The third-order valence-corrected chi connectivity index (χ3v) is 4.05. The topological polar surface area (TPSA) is 23.5 Å². The fourth-order valence-corrected chi connectivity index (χ4v) is 2.78. The zero-order chi connectivity index (χ0) is 13.7. The Morgan fingerprint density at radius 1 is 0.842 bits per heavy atom. The number of nitrogens with zero attached hydrogens (tertiary/aromatic N) is 1. The number of benzene rings is 2. The first kappa shape index (κ1) is 13.8. The highest BCUT2D eigenvalue weighted by molar-refractivity contribution is 7.99. The molecule has 2 rings (SSSR count). The van der Waals surface area contributed by atoms with E-state index in [1.54, 1.807) is 23.9 Å². The third kappa shape index (κ3) is 3.67. The van der Waals surface area contributed by atoms with E-state index in [0.29, 0.717) is 5.75 Å². The number of hydrogen-bond donors (Lipinski definition) is 1. The second-order valence-corrected chi connectivity index (χ2v) is 5.41. The van der Waals surface area contributed by atoms with E-state index in [0.717, 1.165) is 18.0 Å². The van der Waals surface area contributed by atoms with Gasteiger partial charge >= 0.3 is 0 Å². The molecule has 0 heterocycles. The summed E-state index contributed by atoms with van der Waals surface area (Å²) in [6, 6.07) is 15.9. The maximum atomic E-state index is 9.26. The molecule has 0 saturated carbocycles. The predicted molar refractivity (Wildman–Crippen MR) is 82.2 cm³/mol. The van der Waals surface area contributed by atoms with Gasteiger partial charge in [0.2, 0.25) is 0 Å². The Kier molecular flexibility index (Phi) is 4.74. The number of rotatable bonds is 5. The van der Waals surface area contributed by atoms with Crippen LogP contribution in [0, 0.1) is 0 Å². The molecule has 0 aliphatic heterocycles. The first-order valence-electron chi connectivity index (χ1n) is 6.54.